The van der Waals surface area contributed by atoms with E-state index < -0.39 is 6.10 Å². The monoisotopic (exact) mass is 255 g/mol. The number of Topliss-reactive ketones (excluding diaryl/α,β-unsaturated/α-hetero) is 1. The number of benzene rings is 1. The minimum absolute atomic E-state index is 0.0342. The van der Waals surface area contributed by atoms with Gasteiger partial charge in [0.25, 0.3) is 0 Å². The lowest BCUT2D eigenvalue weighted by molar-refractivity contribution is 0.0452. The number of aromatic nitrogens is 1. The van der Waals surface area contributed by atoms with E-state index in [1.807, 2.05) is 38.1 Å². The number of rotatable bonds is 5. The Morgan fingerprint density at radius 2 is 1.79 bits per heavy atom. The Bertz CT molecular complexity index is 534. The molecule has 0 saturated carbocycles. The third-order valence-electron chi connectivity index (χ3n) is 2.92. The molecule has 1 heterocycles. The zero-order valence-corrected chi connectivity index (χ0v) is 11.2. The van der Waals surface area contributed by atoms with Crippen molar-refractivity contribution in [2.45, 2.75) is 20.0 Å². The average Bonchev–Trinajstić information content (AvgIpc) is 2.46. The van der Waals surface area contributed by atoms with E-state index >= 15 is 0 Å². The van der Waals surface area contributed by atoms with Crippen LogP contribution in [0.25, 0.3) is 0 Å². The maximum Gasteiger partial charge on any atom is 0.196 e. The van der Waals surface area contributed by atoms with Crippen LogP contribution in [0.4, 0.5) is 0 Å². The molecule has 1 atom stereocenters. The van der Waals surface area contributed by atoms with E-state index in [0.29, 0.717) is 12.2 Å². The molecule has 0 fully saturated rings. The largest absolute Gasteiger partial charge is 0.366 e. The summed E-state index contributed by atoms with van der Waals surface area (Å²) in [4.78, 5) is 16.4. The van der Waals surface area contributed by atoms with Crippen LogP contribution < -0.4 is 0 Å². The molecule has 0 aliphatic rings. The van der Waals surface area contributed by atoms with Gasteiger partial charge in [0.2, 0.25) is 0 Å². The highest BCUT2D eigenvalue weighted by Crippen LogP contribution is 2.22. The third-order valence-corrected chi connectivity index (χ3v) is 2.92. The summed E-state index contributed by atoms with van der Waals surface area (Å²) in [5, 5.41) is 0. The summed E-state index contributed by atoms with van der Waals surface area (Å²) in [6.07, 6.45) is 2.68. The standard InChI is InChI=1S/C16H17NO2/c1-3-19-16(14-6-4-12(2)5-7-14)15(18)13-8-10-17-11-9-13/h4-11,16H,3H2,1-2H3. The van der Waals surface area contributed by atoms with E-state index in [1.165, 1.54) is 0 Å². The highest BCUT2D eigenvalue weighted by molar-refractivity contribution is 5.99. The van der Waals surface area contributed by atoms with Crippen molar-refractivity contribution >= 4 is 5.78 Å². The van der Waals surface area contributed by atoms with Gasteiger partial charge in [0.05, 0.1) is 0 Å². The summed E-state index contributed by atoms with van der Waals surface area (Å²) in [7, 11) is 0. The van der Waals surface area contributed by atoms with Gasteiger partial charge in [-0.1, -0.05) is 29.8 Å². The number of pyridine rings is 1. The molecule has 3 nitrogen and oxygen atoms in total. The summed E-state index contributed by atoms with van der Waals surface area (Å²) in [6.45, 7) is 4.40. The van der Waals surface area contributed by atoms with Crippen LogP contribution in [0, 0.1) is 6.92 Å². The van der Waals surface area contributed by atoms with Gasteiger partial charge < -0.3 is 4.74 Å². The number of hydrogen-bond donors (Lipinski definition) is 0. The Kier molecular flexibility index (Phi) is 4.42. The van der Waals surface area contributed by atoms with Gasteiger partial charge in [-0.2, -0.15) is 0 Å². The number of ether oxygens (including phenoxy) is 1. The van der Waals surface area contributed by atoms with Gasteiger partial charge in [-0.3, -0.25) is 9.78 Å². The molecule has 1 aromatic heterocycles. The van der Waals surface area contributed by atoms with Crippen molar-refractivity contribution in [1.82, 2.24) is 4.98 Å². The second-order valence-corrected chi connectivity index (χ2v) is 4.35. The van der Waals surface area contributed by atoms with E-state index in [0.717, 1.165) is 11.1 Å². The first-order chi connectivity index (χ1) is 9.22. The number of hydrogen-bond acceptors (Lipinski definition) is 3. The van der Waals surface area contributed by atoms with Gasteiger partial charge >= 0.3 is 0 Å². The quantitative estimate of drug-likeness (QED) is 0.769. The molecule has 0 aliphatic heterocycles. The molecule has 0 saturated heterocycles. The predicted octanol–water partition coefficient (Wildman–Crippen LogP) is 3.35. The molecule has 0 N–H and O–H groups in total. The van der Waals surface area contributed by atoms with Crippen LogP contribution in [0.3, 0.4) is 0 Å². The van der Waals surface area contributed by atoms with Crippen LogP contribution in [-0.2, 0) is 4.74 Å². The van der Waals surface area contributed by atoms with Crippen molar-refractivity contribution in [3.8, 4) is 0 Å². The van der Waals surface area contributed by atoms with Crippen molar-refractivity contribution in [2.24, 2.45) is 0 Å². The summed E-state index contributed by atoms with van der Waals surface area (Å²) in [6, 6.07) is 11.3. The number of nitrogens with zero attached hydrogens (tertiary/aromatic N) is 1. The van der Waals surface area contributed by atoms with Crippen LogP contribution in [0.15, 0.2) is 48.8 Å². The van der Waals surface area contributed by atoms with Crippen molar-refractivity contribution in [3.05, 3.63) is 65.5 Å². The lowest BCUT2D eigenvalue weighted by Crippen LogP contribution is -2.16. The lowest BCUT2D eigenvalue weighted by Gasteiger charge is -2.16. The van der Waals surface area contributed by atoms with Crippen LogP contribution in [0.1, 0.15) is 34.5 Å². The number of carbonyl (C=O) groups is 1. The zero-order valence-electron chi connectivity index (χ0n) is 11.2. The molecule has 0 spiro atoms. The van der Waals surface area contributed by atoms with Gasteiger partial charge in [-0.25, -0.2) is 0 Å². The van der Waals surface area contributed by atoms with Gasteiger partial charge in [0, 0.05) is 24.6 Å². The number of aryl methyl sites for hydroxylation is 1. The van der Waals surface area contributed by atoms with Gasteiger partial charge in [-0.15, -0.1) is 0 Å². The van der Waals surface area contributed by atoms with Crippen LogP contribution in [0.5, 0.6) is 0 Å². The first kappa shape index (κ1) is 13.4. The smallest absolute Gasteiger partial charge is 0.196 e. The van der Waals surface area contributed by atoms with E-state index in [1.54, 1.807) is 24.5 Å². The Labute approximate surface area is 113 Å². The summed E-state index contributed by atoms with van der Waals surface area (Å²) >= 11 is 0. The first-order valence-corrected chi connectivity index (χ1v) is 6.34. The Balaban J connectivity index is 2.30. The van der Waals surface area contributed by atoms with Crippen molar-refractivity contribution in [1.29, 1.82) is 0 Å². The van der Waals surface area contributed by atoms with Crippen molar-refractivity contribution in [3.63, 3.8) is 0 Å². The molecule has 98 valence electrons. The minimum atomic E-state index is -0.548. The highest BCUT2D eigenvalue weighted by Gasteiger charge is 2.22. The SMILES string of the molecule is CCOC(C(=O)c1ccncc1)c1ccc(C)cc1. The Morgan fingerprint density at radius 1 is 1.16 bits per heavy atom. The fourth-order valence-corrected chi connectivity index (χ4v) is 1.90. The van der Waals surface area contributed by atoms with Crippen LogP contribution in [0.2, 0.25) is 0 Å². The van der Waals surface area contributed by atoms with Gasteiger partial charge in [0.15, 0.2) is 5.78 Å². The molecule has 0 aliphatic carbocycles. The molecular weight excluding hydrogens is 238 g/mol. The topological polar surface area (TPSA) is 39.2 Å². The molecule has 2 rings (SSSR count). The number of ketones is 1. The van der Waals surface area contributed by atoms with E-state index in [4.69, 9.17) is 4.74 Å². The second-order valence-electron chi connectivity index (χ2n) is 4.35. The normalized spacial score (nSPS) is 12.1. The Morgan fingerprint density at radius 3 is 2.37 bits per heavy atom. The fourth-order valence-electron chi connectivity index (χ4n) is 1.90. The minimum Gasteiger partial charge on any atom is -0.366 e. The second kappa shape index (κ2) is 6.25. The number of carbonyl (C=O) groups excluding carboxylic acids is 1. The maximum absolute atomic E-state index is 12.5. The summed E-state index contributed by atoms with van der Waals surface area (Å²) < 4.78 is 5.61. The molecular formula is C16H17NO2. The fraction of sp³-hybridized carbons (Fsp3) is 0.250. The molecule has 3 heteroatoms. The van der Waals surface area contributed by atoms with Crippen LogP contribution in [-0.4, -0.2) is 17.4 Å². The van der Waals surface area contributed by atoms with Crippen LogP contribution >= 0.6 is 0 Å². The first-order valence-electron chi connectivity index (χ1n) is 6.34. The average molecular weight is 255 g/mol. The lowest BCUT2D eigenvalue weighted by atomic mass is 9.99. The highest BCUT2D eigenvalue weighted by atomic mass is 16.5. The van der Waals surface area contributed by atoms with Gasteiger partial charge in [-0.05, 0) is 31.5 Å². The maximum atomic E-state index is 12.5. The summed E-state index contributed by atoms with van der Waals surface area (Å²) in [5.41, 5.74) is 2.67. The van der Waals surface area contributed by atoms with Crippen molar-refractivity contribution < 1.29 is 9.53 Å². The Hall–Kier alpha value is -2.00. The molecule has 1 aromatic carbocycles. The van der Waals surface area contributed by atoms with E-state index in [9.17, 15) is 4.79 Å². The summed E-state index contributed by atoms with van der Waals surface area (Å²) in [5.74, 6) is -0.0342. The predicted molar refractivity (Wildman–Crippen MR) is 74.1 cm³/mol. The van der Waals surface area contributed by atoms with Crippen molar-refractivity contribution in [2.75, 3.05) is 6.61 Å². The van der Waals surface area contributed by atoms with Gasteiger partial charge in [0.1, 0.15) is 6.10 Å². The molecule has 0 bridgehead atoms. The molecule has 1 unspecified atom stereocenters. The molecule has 2 aromatic rings. The molecule has 0 radical (unpaired) electrons. The molecule has 19 heavy (non-hydrogen) atoms. The van der Waals surface area contributed by atoms with E-state index in [2.05, 4.69) is 4.98 Å². The van der Waals surface area contributed by atoms with E-state index in [-0.39, 0.29) is 5.78 Å². The molecule has 0 amide bonds. The zero-order chi connectivity index (χ0) is 13.7. The third kappa shape index (κ3) is 3.26.